The van der Waals surface area contributed by atoms with Crippen LogP contribution < -0.4 is 15.6 Å². The lowest BCUT2D eigenvalue weighted by atomic mass is 10.2. The van der Waals surface area contributed by atoms with Gasteiger partial charge >= 0.3 is 0 Å². The summed E-state index contributed by atoms with van der Waals surface area (Å²) in [6.45, 7) is 1.45. The Bertz CT molecular complexity index is 907. The molecule has 0 aromatic heterocycles. The first kappa shape index (κ1) is 20.8. The first-order valence-electron chi connectivity index (χ1n) is 7.35. The van der Waals surface area contributed by atoms with Crippen LogP contribution in [0.5, 0.6) is 5.75 Å². The van der Waals surface area contributed by atoms with Crippen molar-refractivity contribution in [3.05, 3.63) is 67.1 Å². The monoisotopic (exact) mass is 431 g/mol. The number of ether oxygens (including phenoxy) is 1. The minimum Gasteiger partial charge on any atom is -0.479 e. The molecule has 2 N–H and O–H groups in total. The van der Waals surface area contributed by atoms with Crippen LogP contribution in [0.25, 0.3) is 0 Å². The van der Waals surface area contributed by atoms with Gasteiger partial charge in [-0.1, -0.05) is 34.8 Å². The molecular weight excluding hydrogens is 421 g/mol. The second kappa shape index (κ2) is 8.90. The molecule has 1 atom stereocenters. The summed E-state index contributed by atoms with van der Waals surface area (Å²) in [5.74, 6) is -1.17. The number of halogens is 3. The lowest BCUT2D eigenvalue weighted by molar-refractivity contribution is -0.384. The zero-order chi connectivity index (χ0) is 20.1. The van der Waals surface area contributed by atoms with Crippen molar-refractivity contribution in [3.63, 3.8) is 0 Å². The van der Waals surface area contributed by atoms with Crippen LogP contribution in [-0.2, 0) is 4.79 Å². The minimum atomic E-state index is -0.990. The molecule has 142 valence electrons. The van der Waals surface area contributed by atoms with Crippen LogP contribution >= 0.6 is 34.8 Å². The fourth-order valence-corrected chi connectivity index (χ4v) is 2.62. The molecule has 2 rings (SSSR count). The maximum atomic E-state index is 12.1. The second-order valence-corrected chi connectivity index (χ2v) is 6.45. The number of benzene rings is 2. The first-order valence-corrected chi connectivity index (χ1v) is 8.48. The zero-order valence-corrected chi connectivity index (χ0v) is 15.9. The van der Waals surface area contributed by atoms with Gasteiger partial charge in [0, 0.05) is 17.2 Å². The Morgan fingerprint density at radius 1 is 1.07 bits per heavy atom. The van der Waals surface area contributed by atoms with Crippen molar-refractivity contribution in [2.45, 2.75) is 13.0 Å². The number of nitro benzene ring substituents is 1. The molecule has 0 fully saturated rings. The molecule has 0 aliphatic heterocycles. The molecule has 0 aliphatic carbocycles. The highest BCUT2D eigenvalue weighted by atomic mass is 35.5. The van der Waals surface area contributed by atoms with E-state index in [1.54, 1.807) is 6.07 Å². The van der Waals surface area contributed by atoms with Crippen molar-refractivity contribution in [2.75, 3.05) is 0 Å². The summed E-state index contributed by atoms with van der Waals surface area (Å²) >= 11 is 17.6. The third kappa shape index (κ3) is 5.46. The van der Waals surface area contributed by atoms with Crippen molar-refractivity contribution in [1.82, 2.24) is 10.9 Å². The number of hydrogen-bond acceptors (Lipinski definition) is 5. The largest absolute Gasteiger partial charge is 0.479 e. The molecule has 0 spiro atoms. The number of nitrogens with zero attached hydrogens (tertiary/aromatic N) is 1. The van der Waals surface area contributed by atoms with Gasteiger partial charge in [0.15, 0.2) is 6.10 Å². The smallest absolute Gasteiger partial charge is 0.279 e. The number of hydrogen-bond donors (Lipinski definition) is 2. The molecule has 0 bridgehead atoms. The Morgan fingerprint density at radius 2 is 1.78 bits per heavy atom. The van der Waals surface area contributed by atoms with Gasteiger partial charge in [-0.05, 0) is 31.2 Å². The van der Waals surface area contributed by atoms with Gasteiger partial charge in [-0.15, -0.1) is 0 Å². The zero-order valence-electron chi connectivity index (χ0n) is 13.7. The molecule has 0 saturated heterocycles. The van der Waals surface area contributed by atoms with Crippen molar-refractivity contribution < 1.29 is 19.2 Å². The number of carbonyl (C=O) groups is 2. The topological polar surface area (TPSA) is 111 Å². The average molecular weight is 433 g/mol. The number of rotatable bonds is 5. The van der Waals surface area contributed by atoms with Gasteiger partial charge in [-0.25, -0.2) is 0 Å². The highest BCUT2D eigenvalue weighted by molar-refractivity contribution is 6.35. The van der Waals surface area contributed by atoms with Crippen molar-refractivity contribution in [3.8, 4) is 5.75 Å². The van der Waals surface area contributed by atoms with E-state index in [0.717, 1.165) is 12.1 Å². The predicted octanol–water partition coefficient (Wildman–Crippen LogP) is 3.78. The van der Waals surface area contributed by atoms with E-state index in [4.69, 9.17) is 39.5 Å². The average Bonchev–Trinajstić information content (AvgIpc) is 2.61. The fourth-order valence-electron chi connectivity index (χ4n) is 1.90. The van der Waals surface area contributed by atoms with Crippen LogP contribution in [0.2, 0.25) is 15.1 Å². The molecule has 0 saturated carbocycles. The molecule has 2 aromatic carbocycles. The number of carbonyl (C=O) groups excluding carboxylic acids is 2. The number of hydrazine groups is 1. The van der Waals surface area contributed by atoms with Gasteiger partial charge in [0.05, 0.1) is 20.5 Å². The van der Waals surface area contributed by atoms with Gasteiger partial charge in [0.1, 0.15) is 5.75 Å². The van der Waals surface area contributed by atoms with Crippen molar-refractivity contribution >= 4 is 52.3 Å². The summed E-state index contributed by atoms with van der Waals surface area (Å²) in [6, 6.07) is 7.84. The van der Waals surface area contributed by atoms with Crippen LogP contribution in [0.15, 0.2) is 36.4 Å². The van der Waals surface area contributed by atoms with Crippen LogP contribution in [0.3, 0.4) is 0 Å². The third-order valence-electron chi connectivity index (χ3n) is 3.27. The molecule has 2 amide bonds. The van der Waals surface area contributed by atoms with E-state index < -0.39 is 22.8 Å². The Kier molecular flexibility index (Phi) is 6.84. The summed E-state index contributed by atoms with van der Waals surface area (Å²) in [5, 5.41) is 11.2. The number of amides is 2. The Hall–Kier alpha value is -2.55. The Balaban J connectivity index is 1.96. The summed E-state index contributed by atoms with van der Waals surface area (Å²) in [7, 11) is 0. The van der Waals surface area contributed by atoms with E-state index in [2.05, 4.69) is 10.9 Å². The highest BCUT2D eigenvalue weighted by Gasteiger charge is 2.19. The van der Waals surface area contributed by atoms with Gasteiger partial charge in [0.25, 0.3) is 17.5 Å². The van der Waals surface area contributed by atoms with Gasteiger partial charge in [-0.2, -0.15) is 0 Å². The molecule has 11 heteroatoms. The lowest BCUT2D eigenvalue weighted by Gasteiger charge is -2.16. The summed E-state index contributed by atoms with van der Waals surface area (Å²) in [6.07, 6.45) is -0.990. The normalized spacial score (nSPS) is 11.4. The maximum Gasteiger partial charge on any atom is 0.279 e. The molecule has 0 unspecified atom stereocenters. The van der Waals surface area contributed by atoms with E-state index in [9.17, 15) is 19.7 Å². The Morgan fingerprint density at radius 3 is 2.37 bits per heavy atom. The van der Waals surface area contributed by atoms with Crippen LogP contribution in [0.4, 0.5) is 5.69 Å². The standard InChI is InChI=1S/C16H12Cl3N3O5/c1-8(27-14-5-2-9(17)6-13(14)19)15(23)20-21-16(24)11-4-3-10(22(25)26)7-12(11)18/h2-8H,1H3,(H,20,23)(H,21,24)/t8-/m1/s1. The SMILES string of the molecule is C[C@@H](Oc1ccc(Cl)cc1Cl)C(=O)NNC(=O)c1ccc([N+](=O)[O-])cc1Cl. The van der Waals surface area contributed by atoms with Crippen molar-refractivity contribution in [2.24, 2.45) is 0 Å². The molecule has 8 nitrogen and oxygen atoms in total. The van der Waals surface area contributed by atoms with E-state index in [1.807, 2.05) is 0 Å². The Labute approximate surface area is 168 Å². The number of non-ortho nitro benzene ring substituents is 1. The molecular formula is C16H12Cl3N3O5. The predicted molar refractivity (Wildman–Crippen MR) is 100 cm³/mol. The lowest BCUT2D eigenvalue weighted by Crippen LogP contribution is -2.47. The van der Waals surface area contributed by atoms with E-state index >= 15 is 0 Å². The van der Waals surface area contributed by atoms with Crippen LogP contribution in [-0.4, -0.2) is 22.8 Å². The molecule has 0 aliphatic rings. The fraction of sp³-hybridized carbons (Fsp3) is 0.125. The highest BCUT2D eigenvalue weighted by Crippen LogP contribution is 2.28. The van der Waals surface area contributed by atoms with Crippen LogP contribution in [0, 0.1) is 10.1 Å². The van der Waals surface area contributed by atoms with E-state index in [-0.39, 0.29) is 27.0 Å². The molecule has 0 heterocycles. The third-order valence-corrected chi connectivity index (χ3v) is 4.12. The number of nitrogens with one attached hydrogen (secondary N) is 2. The molecule has 0 radical (unpaired) electrons. The van der Waals surface area contributed by atoms with Gasteiger partial charge < -0.3 is 4.74 Å². The molecule has 27 heavy (non-hydrogen) atoms. The van der Waals surface area contributed by atoms with Gasteiger partial charge in [-0.3, -0.25) is 30.6 Å². The van der Waals surface area contributed by atoms with Crippen molar-refractivity contribution in [1.29, 1.82) is 0 Å². The minimum absolute atomic E-state index is 0.0446. The van der Waals surface area contributed by atoms with Crippen LogP contribution in [0.1, 0.15) is 17.3 Å². The summed E-state index contributed by atoms with van der Waals surface area (Å²) < 4.78 is 5.41. The first-order chi connectivity index (χ1) is 12.7. The summed E-state index contributed by atoms with van der Waals surface area (Å²) in [4.78, 5) is 34.1. The quantitative estimate of drug-likeness (QED) is 0.552. The second-order valence-electron chi connectivity index (χ2n) is 5.20. The van der Waals surface area contributed by atoms with E-state index in [0.29, 0.717) is 5.02 Å². The van der Waals surface area contributed by atoms with Gasteiger partial charge in [0.2, 0.25) is 0 Å². The maximum absolute atomic E-state index is 12.1. The molecule has 2 aromatic rings. The number of nitro groups is 1. The van der Waals surface area contributed by atoms with E-state index in [1.165, 1.54) is 25.1 Å². The summed E-state index contributed by atoms with van der Waals surface area (Å²) in [5.41, 5.74) is 4.02.